The molecule has 1 N–H and O–H groups in total. The Kier molecular flexibility index (Phi) is 5.63. The van der Waals surface area contributed by atoms with E-state index in [0.717, 1.165) is 11.3 Å². The summed E-state index contributed by atoms with van der Waals surface area (Å²) in [6.07, 6.45) is 0. The van der Waals surface area contributed by atoms with E-state index in [0.29, 0.717) is 27.8 Å². The zero-order valence-corrected chi connectivity index (χ0v) is 16.4. The highest BCUT2D eigenvalue weighted by Crippen LogP contribution is 2.25. The van der Waals surface area contributed by atoms with E-state index < -0.39 is 0 Å². The lowest BCUT2D eigenvalue weighted by Crippen LogP contribution is -2.16. The first-order valence-electron chi connectivity index (χ1n) is 7.97. The molecule has 0 saturated heterocycles. The third-order valence-electron chi connectivity index (χ3n) is 3.74. The summed E-state index contributed by atoms with van der Waals surface area (Å²) in [7, 11) is 1.57. The second-order valence-electron chi connectivity index (χ2n) is 5.83. The van der Waals surface area contributed by atoms with Gasteiger partial charge in [0.1, 0.15) is 5.75 Å². The predicted molar refractivity (Wildman–Crippen MR) is 107 cm³/mol. The second kappa shape index (κ2) is 7.92. The number of methoxy groups -OCH3 is 1. The lowest BCUT2D eigenvalue weighted by Gasteiger charge is -2.11. The summed E-state index contributed by atoms with van der Waals surface area (Å²) in [6, 6.07) is 7.15. The van der Waals surface area contributed by atoms with Gasteiger partial charge in [0.05, 0.1) is 24.2 Å². The van der Waals surface area contributed by atoms with Crippen LogP contribution in [0.5, 0.6) is 5.75 Å². The Balaban J connectivity index is 1.61. The van der Waals surface area contributed by atoms with Crippen LogP contribution in [0.4, 0.5) is 5.69 Å². The fourth-order valence-corrected chi connectivity index (χ4v) is 4.14. The highest BCUT2D eigenvalue weighted by Gasteiger charge is 2.10. The largest absolute Gasteiger partial charge is 0.495 e. The molecule has 0 saturated carbocycles. The topological polar surface area (TPSA) is 72.7 Å². The molecule has 0 radical (unpaired) electrons. The van der Waals surface area contributed by atoms with Crippen LogP contribution in [0.15, 0.2) is 34.4 Å². The van der Waals surface area contributed by atoms with Crippen molar-refractivity contribution in [3.05, 3.63) is 57.0 Å². The molecule has 0 spiro atoms. The van der Waals surface area contributed by atoms with E-state index in [4.69, 9.17) is 4.74 Å². The van der Waals surface area contributed by atoms with Crippen LogP contribution in [0.2, 0.25) is 0 Å². The van der Waals surface area contributed by atoms with Gasteiger partial charge in [-0.05, 0) is 31.5 Å². The fraction of sp³-hybridized carbons (Fsp3) is 0.278. The fourth-order valence-electron chi connectivity index (χ4n) is 2.53. The number of rotatable bonds is 6. The summed E-state index contributed by atoms with van der Waals surface area (Å²) in [5.74, 6) is 1.27. The number of fused-ring (bicyclic) bond motifs is 1. The van der Waals surface area contributed by atoms with Crippen molar-refractivity contribution in [2.24, 2.45) is 0 Å². The average Bonchev–Trinajstić information content (AvgIpc) is 2.96. The average molecular weight is 390 g/mol. The summed E-state index contributed by atoms with van der Waals surface area (Å²) >= 11 is 2.86. The Morgan fingerprint density at radius 1 is 1.35 bits per heavy atom. The number of amides is 1. The molecule has 6 nitrogen and oxygen atoms in total. The first-order valence-corrected chi connectivity index (χ1v) is 10.0. The number of thioether (sulfide) groups is 1. The Hall–Kier alpha value is -2.32. The van der Waals surface area contributed by atoms with E-state index in [-0.39, 0.29) is 17.2 Å². The quantitative estimate of drug-likeness (QED) is 0.701. The number of hydrogen-bond donors (Lipinski definition) is 1. The highest BCUT2D eigenvalue weighted by molar-refractivity contribution is 7.99. The van der Waals surface area contributed by atoms with Crippen LogP contribution in [0.1, 0.15) is 17.0 Å². The van der Waals surface area contributed by atoms with Crippen molar-refractivity contribution in [2.45, 2.75) is 19.6 Å². The van der Waals surface area contributed by atoms with Gasteiger partial charge in [0.25, 0.3) is 5.56 Å². The number of aromatic nitrogens is 2. The third kappa shape index (κ3) is 4.08. The van der Waals surface area contributed by atoms with Crippen LogP contribution < -0.4 is 15.6 Å². The van der Waals surface area contributed by atoms with Crippen LogP contribution in [0, 0.1) is 13.8 Å². The van der Waals surface area contributed by atoms with Gasteiger partial charge in [-0.2, -0.15) is 0 Å². The molecule has 2 aromatic heterocycles. The number of carbonyl (C=O) groups is 1. The predicted octanol–water partition coefficient (Wildman–Crippen LogP) is 3.25. The maximum absolute atomic E-state index is 12.2. The third-order valence-corrected chi connectivity index (χ3v) is 5.65. The lowest BCUT2D eigenvalue weighted by atomic mass is 10.2. The monoisotopic (exact) mass is 389 g/mol. The molecule has 0 aliphatic carbocycles. The Bertz CT molecular complexity index is 1010. The molecular weight excluding hydrogens is 370 g/mol. The van der Waals surface area contributed by atoms with Gasteiger partial charge in [-0.15, -0.1) is 23.1 Å². The van der Waals surface area contributed by atoms with Gasteiger partial charge in [0.2, 0.25) is 5.91 Å². The van der Waals surface area contributed by atoms with Crippen molar-refractivity contribution in [3.63, 3.8) is 0 Å². The van der Waals surface area contributed by atoms with Crippen LogP contribution >= 0.6 is 23.1 Å². The van der Waals surface area contributed by atoms with Crippen molar-refractivity contribution in [1.82, 2.24) is 9.38 Å². The molecule has 3 rings (SSSR count). The molecule has 0 fully saturated rings. The Labute approximate surface area is 159 Å². The maximum atomic E-state index is 12.2. The van der Waals surface area contributed by atoms with Crippen LogP contribution in [0.3, 0.4) is 0 Å². The molecule has 1 aromatic carbocycles. The number of thiazole rings is 1. The first-order chi connectivity index (χ1) is 12.5. The molecule has 26 heavy (non-hydrogen) atoms. The van der Waals surface area contributed by atoms with E-state index in [1.165, 1.54) is 29.2 Å². The summed E-state index contributed by atoms with van der Waals surface area (Å²) in [5, 5.41) is 4.77. The molecular formula is C18H19N3O3S2. The van der Waals surface area contributed by atoms with Crippen molar-refractivity contribution >= 4 is 39.7 Å². The molecule has 0 aliphatic heterocycles. The van der Waals surface area contributed by atoms with E-state index >= 15 is 0 Å². The van der Waals surface area contributed by atoms with Crippen molar-refractivity contribution < 1.29 is 9.53 Å². The van der Waals surface area contributed by atoms with E-state index in [1.54, 1.807) is 11.5 Å². The minimum Gasteiger partial charge on any atom is -0.495 e. The summed E-state index contributed by atoms with van der Waals surface area (Å²) in [4.78, 5) is 29.5. The number of nitrogens with one attached hydrogen (secondary N) is 1. The maximum Gasteiger partial charge on any atom is 0.258 e. The van der Waals surface area contributed by atoms with Gasteiger partial charge < -0.3 is 10.1 Å². The number of benzene rings is 1. The Morgan fingerprint density at radius 2 is 2.15 bits per heavy atom. The molecule has 0 unspecified atom stereocenters. The minimum absolute atomic E-state index is 0.0849. The van der Waals surface area contributed by atoms with Gasteiger partial charge >= 0.3 is 0 Å². The summed E-state index contributed by atoms with van der Waals surface area (Å²) < 4.78 is 6.86. The summed E-state index contributed by atoms with van der Waals surface area (Å²) in [6.45, 7) is 3.83. The molecule has 2 heterocycles. The molecule has 0 aliphatic rings. The summed E-state index contributed by atoms with van der Waals surface area (Å²) in [5.41, 5.74) is 3.18. The van der Waals surface area contributed by atoms with E-state index in [1.807, 2.05) is 37.4 Å². The first kappa shape index (κ1) is 18.5. The van der Waals surface area contributed by atoms with Crippen LogP contribution in [0.25, 0.3) is 4.96 Å². The van der Waals surface area contributed by atoms with Gasteiger partial charge in [-0.25, -0.2) is 4.98 Å². The normalized spacial score (nSPS) is 10.9. The van der Waals surface area contributed by atoms with Gasteiger partial charge in [-0.1, -0.05) is 6.07 Å². The number of carbonyl (C=O) groups excluding carboxylic acids is 1. The molecule has 1 amide bonds. The van der Waals surface area contributed by atoms with Gasteiger partial charge in [-0.3, -0.25) is 14.0 Å². The van der Waals surface area contributed by atoms with E-state index in [2.05, 4.69) is 10.3 Å². The zero-order chi connectivity index (χ0) is 18.7. The van der Waals surface area contributed by atoms with Crippen LogP contribution in [-0.2, 0) is 10.5 Å². The standard InChI is InChI=1S/C18H19N3O3S2/c1-11-4-5-15(24-3)14(6-11)20-16(22)10-25-9-13-7-17(23)21-12(2)8-26-18(21)19-13/h4-8H,9-10H2,1-3H3,(H,20,22). The molecule has 3 aromatic rings. The van der Waals surface area contributed by atoms with Gasteiger partial charge in [0.15, 0.2) is 4.96 Å². The number of hydrogen-bond acceptors (Lipinski definition) is 6. The number of aryl methyl sites for hydroxylation is 2. The number of ether oxygens (including phenoxy) is 1. The van der Waals surface area contributed by atoms with Crippen molar-refractivity contribution in [3.8, 4) is 5.75 Å². The molecule has 0 bridgehead atoms. The lowest BCUT2D eigenvalue weighted by molar-refractivity contribution is -0.113. The molecule has 136 valence electrons. The SMILES string of the molecule is COc1ccc(C)cc1NC(=O)CSCc1cc(=O)n2c(C)csc2n1. The molecule has 8 heteroatoms. The highest BCUT2D eigenvalue weighted by atomic mass is 32.2. The van der Waals surface area contributed by atoms with Gasteiger partial charge in [0, 0.05) is 22.9 Å². The number of nitrogens with zero attached hydrogens (tertiary/aromatic N) is 2. The smallest absolute Gasteiger partial charge is 0.258 e. The van der Waals surface area contributed by atoms with Crippen LogP contribution in [-0.4, -0.2) is 28.2 Å². The zero-order valence-electron chi connectivity index (χ0n) is 14.7. The van der Waals surface area contributed by atoms with E-state index in [9.17, 15) is 9.59 Å². The second-order valence-corrected chi connectivity index (χ2v) is 7.65. The Morgan fingerprint density at radius 3 is 2.92 bits per heavy atom. The van der Waals surface area contributed by atoms with Crippen molar-refractivity contribution in [2.75, 3.05) is 18.2 Å². The van der Waals surface area contributed by atoms with Crippen molar-refractivity contribution in [1.29, 1.82) is 0 Å². The number of anilines is 1. The molecule has 0 atom stereocenters. The minimum atomic E-state index is -0.122.